The molecule has 0 spiro atoms. The largest absolute Gasteiger partial charge is 0.477 e. The van der Waals surface area contributed by atoms with E-state index in [1.807, 2.05) is 6.07 Å². The Hall–Kier alpha value is -2.39. The first-order chi connectivity index (χ1) is 8.60. The molecule has 0 amide bonds. The second-order valence-corrected chi connectivity index (χ2v) is 4.10. The Kier molecular flexibility index (Phi) is 3.26. The van der Waals surface area contributed by atoms with Crippen LogP contribution >= 0.6 is 12.2 Å². The molecule has 5 nitrogen and oxygen atoms in total. The Bertz CT molecular complexity index is 694. The summed E-state index contributed by atoms with van der Waals surface area (Å²) in [5.74, 6) is -1.05. The van der Waals surface area contributed by atoms with Gasteiger partial charge in [-0.05, 0) is 29.9 Å². The van der Waals surface area contributed by atoms with Crippen molar-refractivity contribution >= 4 is 18.2 Å². The number of carboxylic acid groups (broad SMARTS) is 1. The fourth-order valence-electron chi connectivity index (χ4n) is 1.60. The number of hydrogen-bond donors (Lipinski definition) is 2. The van der Waals surface area contributed by atoms with Crippen molar-refractivity contribution in [3.8, 4) is 6.07 Å². The van der Waals surface area contributed by atoms with E-state index in [2.05, 4.69) is 11.1 Å². The summed E-state index contributed by atoms with van der Waals surface area (Å²) in [5.41, 5.74) is 1.51. The molecule has 0 bridgehead atoms. The van der Waals surface area contributed by atoms with Crippen molar-refractivity contribution in [3.05, 3.63) is 52.1 Å². The number of H-pyrrole nitrogens is 1. The zero-order valence-corrected chi connectivity index (χ0v) is 10.1. The first-order valence-electron chi connectivity index (χ1n) is 5.12. The van der Waals surface area contributed by atoms with Gasteiger partial charge in [-0.1, -0.05) is 12.1 Å². The Balaban J connectivity index is 2.31. The van der Waals surface area contributed by atoms with Crippen molar-refractivity contribution in [1.29, 1.82) is 5.26 Å². The van der Waals surface area contributed by atoms with Crippen LogP contribution in [-0.4, -0.2) is 20.6 Å². The van der Waals surface area contributed by atoms with E-state index in [0.29, 0.717) is 16.9 Å². The summed E-state index contributed by atoms with van der Waals surface area (Å²) in [7, 11) is 0. The van der Waals surface area contributed by atoms with Gasteiger partial charge in [-0.15, -0.1) is 0 Å². The predicted octanol–water partition coefficient (Wildman–Crippen LogP) is 2.16. The van der Waals surface area contributed by atoms with Crippen LogP contribution in [0.15, 0.2) is 30.5 Å². The number of carboxylic acids is 1. The molecule has 0 saturated carbocycles. The first-order valence-corrected chi connectivity index (χ1v) is 5.53. The van der Waals surface area contributed by atoms with Crippen molar-refractivity contribution in [3.63, 3.8) is 0 Å². The van der Waals surface area contributed by atoms with E-state index in [1.54, 1.807) is 22.8 Å². The van der Waals surface area contributed by atoms with Crippen LogP contribution < -0.4 is 0 Å². The monoisotopic (exact) mass is 259 g/mol. The van der Waals surface area contributed by atoms with Gasteiger partial charge >= 0.3 is 5.97 Å². The molecule has 0 aliphatic rings. The number of hydrogen-bond acceptors (Lipinski definition) is 3. The molecule has 18 heavy (non-hydrogen) atoms. The number of nitrogens with one attached hydrogen (secondary N) is 1. The van der Waals surface area contributed by atoms with Crippen LogP contribution in [-0.2, 0) is 6.54 Å². The molecule has 0 radical (unpaired) electrons. The Morgan fingerprint density at radius 3 is 2.94 bits per heavy atom. The third-order valence-corrected chi connectivity index (χ3v) is 2.76. The minimum Gasteiger partial charge on any atom is -0.477 e. The number of imidazole rings is 1. The van der Waals surface area contributed by atoms with Crippen LogP contribution in [0.4, 0.5) is 0 Å². The van der Waals surface area contributed by atoms with Gasteiger partial charge in [0.15, 0.2) is 4.77 Å². The van der Waals surface area contributed by atoms with E-state index in [-0.39, 0.29) is 5.69 Å². The fourth-order valence-corrected chi connectivity index (χ4v) is 1.82. The number of carbonyl (C=O) groups is 1. The maximum Gasteiger partial charge on any atom is 0.353 e. The van der Waals surface area contributed by atoms with E-state index in [0.717, 1.165) is 5.56 Å². The van der Waals surface area contributed by atoms with E-state index in [1.165, 1.54) is 6.20 Å². The molecule has 90 valence electrons. The van der Waals surface area contributed by atoms with Crippen molar-refractivity contribution in [2.75, 3.05) is 0 Å². The molecular formula is C12H9N3O2S. The van der Waals surface area contributed by atoms with Gasteiger partial charge in [-0.2, -0.15) is 5.26 Å². The standard InChI is InChI=1S/C12H9N3O2S/c13-5-8-2-1-3-9(4-8)6-15-7-10(11(16)17)14-12(15)18/h1-4,7H,6H2,(H,14,18)(H,16,17). The lowest BCUT2D eigenvalue weighted by Crippen LogP contribution is -1.99. The highest BCUT2D eigenvalue weighted by atomic mass is 32.1. The molecule has 0 aliphatic carbocycles. The van der Waals surface area contributed by atoms with Gasteiger partial charge in [-0.3, -0.25) is 0 Å². The second kappa shape index (κ2) is 4.85. The molecule has 1 aromatic heterocycles. The lowest BCUT2D eigenvalue weighted by molar-refractivity contribution is 0.0691. The van der Waals surface area contributed by atoms with Crippen LogP contribution in [0, 0.1) is 16.1 Å². The summed E-state index contributed by atoms with van der Waals surface area (Å²) in [4.78, 5) is 13.4. The van der Waals surface area contributed by atoms with E-state index in [9.17, 15) is 4.79 Å². The van der Waals surface area contributed by atoms with Gasteiger partial charge in [0.05, 0.1) is 11.6 Å². The number of aromatic amines is 1. The van der Waals surface area contributed by atoms with E-state index < -0.39 is 5.97 Å². The SMILES string of the molecule is N#Cc1cccc(Cn2cc(C(=O)O)[nH]c2=S)c1. The average molecular weight is 259 g/mol. The maximum atomic E-state index is 10.8. The van der Waals surface area contributed by atoms with Gasteiger partial charge in [0.1, 0.15) is 5.69 Å². The van der Waals surface area contributed by atoms with Crippen LogP contribution in [0.25, 0.3) is 0 Å². The summed E-state index contributed by atoms with van der Waals surface area (Å²) < 4.78 is 1.96. The lowest BCUT2D eigenvalue weighted by Gasteiger charge is -2.02. The summed E-state index contributed by atoms with van der Waals surface area (Å²) in [6.07, 6.45) is 1.45. The van der Waals surface area contributed by atoms with Gasteiger partial charge in [-0.25, -0.2) is 4.79 Å². The van der Waals surface area contributed by atoms with Gasteiger partial charge < -0.3 is 14.7 Å². The van der Waals surface area contributed by atoms with Crippen molar-refractivity contribution < 1.29 is 9.90 Å². The third kappa shape index (κ3) is 2.47. The summed E-state index contributed by atoms with van der Waals surface area (Å²) in [6, 6.07) is 9.15. The van der Waals surface area contributed by atoms with Gasteiger partial charge in [0, 0.05) is 12.7 Å². The quantitative estimate of drug-likeness (QED) is 0.827. The Labute approximate surface area is 108 Å². The van der Waals surface area contributed by atoms with Gasteiger partial charge in [0.25, 0.3) is 0 Å². The van der Waals surface area contributed by atoms with Crippen LogP contribution in [0.2, 0.25) is 0 Å². The minimum absolute atomic E-state index is 0.0523. The number of rotatable bonds is 3. The number of nitriles is 1. The summed E-state index contributed by atoms with van der Waals surface area (Å²) in [6.45, 7) is 0.429. The fraction of sp³-hybridized carbons (Fsp3) is 0.0833. The number of aromatic nitrogens is 2. The lowest BCUT2D eigenvalue weighted by atomic mass is 10.1. The van der Waals surface area contributed by atoms with Gasteiger partial charge in [0.2, 0.25) is 0 Å². The smallest absolute Gasteiger partial charge is 0.353 e. The molecule has 1 heterocycles. The van der Waals surface area contributed by atoms with E-state index in [4.69, 9.17) is 22.6 Å². The Morgan fingerprint density at radius 2 is 2.33 bits per heavy atom. The molecule has 0 unspecified atom stereocenters. The highest BCUT2D eigenvalue weighted by Crippen LogP contribution is 2.08. The summed E-state index contributed by atoms with van der Waals surface area (Å²) >= 11 is 5.03. The molecular weight excluding hydrogens is 250 g/mol. The Morgan fingerprint density at radius 1 is 1.56 bits per heavy atom. The molecule has 0 fully saturated rings. The third-order valence-electron chi connectivity index (χ3n) is 2.43. The van der Waals surface area contributed by atoms with Crippen LogP contribution in [0.3, 0.4) is 0 Å². The number of benzene rings is 1. The maximum absolute atomic E-state index is 10.8. The average Bonchev–Trinajstić information content (AvgIpc) is 2.71. The highest BCUT2D eigenvalue weighted by molar-refractivity contribution is 7.71. The topological polar surface area (TPSA) is 81.8 Å². The minimum atomic E-state index is -1.05. The molecule has 6 heteroatoms. The van der Waals surface area contributed by atoms with Crippen molar-refractivity contribution in [2.45, 2.75) is 6.54 Å². The molecule has 1 aromatic carbocycles. The van der Waals surface area contributed by atoms with Crippen molar-refractivity contribution in [1.82, 2.24) is 9.55 Å². The zero-order chi connectivity index (χ0) is 13.1. The molecule has 2 rings (SSSR count). The normalized spacial score (nSPS) is 9.94. The van der Waals surface area contributed by atoms with Crippen molar-refractivity contribution in [2.24, 2.45) is 0 Å². The van der Waals surface area contributed by atoms with Crippen LogP contribution in [0.5, 0.6) is 0 Å². The number of nitrogens with zero attached hydrogens (tertiary/aromatic N) is 2. The van der Waals surface area contributed by atoms with E-state index >= 15 is 0 Å². The molecule has 0 atom stereocenters. The molecule has 2 aromatic rings. The van der Waals surface area contributed by atoms with Crippen LogP contribution in [0.1, 0.15) is 21.6 Å². The molecule has 2 N–H and O–H groups in total. The zero-order valence-electron chi connectivity index (χ0n) is 9.25. The molecule has 0 aliphatic heterocycles. The second-order valence-electron chi connectivity index (χ2n) is 3.72. The number of aromatic carboxylic acids is 1. The first kappa shape index (κ1) is 12.1. The predicted molar refractivity (Wildman–Crippen MR) is 66.8 cm³/mol. The highest BCUT2D eigenvalue weighted by Gasteiger charge is 2.07. The summed E-state index contributed by atoms with van der Waals surface area (Å²) in [5, 5.41) is 17.6. The molecule has 0 saturated heterocycles.